The second-order valence-electron chi connectivity index (χ2n) is 5.70. The first-order valence-corrected chi connectivity index (χ1v) is 7.67. The van der Waals surface area contributed by atoms with Gasteiger partial charge in [-0.15, -0.1) is 0 Å². The van der Waals surface area contributed by atoms with E-state index in [4.69, 9.17) is 16.3 Å². The van der Waals surface area contributed by atoms with Crippen molar-refractivity contribution in [3.8, 4) is 5.75 Å². The van der Waals surface area contributed by atoms with Crippen molar-refractivity contribution in [2.24, 2.45) is 0 Å². The van der Waals surface area contributed by atoms with Crippen molar-refractivity contribution in [1.29, 1.82) is 0 Å². The molecule has 0 aromatic heterocycles. The van der Waals surface area contributed by atoms with Crippen LogP contribution in [0.25, 0.3) is 0 Å². The summed E-state index contributed by atoms with van der Waals surface area (Å²) in [6.07, 6.45) is 1.68. The summed E-state index contributed by atoms with van der Waals surface area (Å²) in [6, 6.07) is 12.1. The van der Waals surface area contributed by atoms with Crippen LogP contribution in [0.2, 0.25) is 5.02 Å². The number of aliphatic hydroxyl groups excluding tert-OH is 1. The molecule has 1 aliphatic rings. The summed E-state index contributed by atoms with van der Waals surface area (Å²) >= 11 is 6.15. The summed E-state index contributed by atoms with van der Waals surface area (Å²) in [5, 5.41) is 11.1. The van der Waals surface area contributed by atoms with E-state index in [1.807, 2.05) is 12.1 Å². The molecule has 0 aliphatic carbocycles. The predicted octanol–water partition coefficient (Wildman–Crippen LogP) is 3.73. The highest BCUT2D eigenvalue weighted by molar-refractivity contribution is 6.30. The van der Waals surface area contributed by atoms with Crippen LogP contribution in [0.4, 0.5) is 0 Å². The number of halogens is 1. The van der Waals surface area contributed by atoms with Gasteiger partial charge in [0.2, 0.25) is 0 Å². The van der Waals surface area contributed by atoms with Gasteiger partial charge in [0.1, 0.15) is 5.75 Å². The molecule has 0 spiro atoms. The molecular weight excluding hydrogens is 284 g/mol. The molecule has 0 saturated heterocycles. The fraction of sp³-hybridized carbons (Fsp3) is 0.333. The average molecular weight is 303 g/mol. The molecule has 3 heteroatoms. The normalized spacial score (nSPS) is 14.6. The third-order valence-electron chi connectivity index (χ3n) is 3.87. The van der Waals surface area contributed by atoms with Crippen molar-refractivity contribution >= 4 is 11.6 Å². The Bertz CT molecular complexity index is 634. The fourth-order valence-electron chi connectivity index (χ4n) is 2.82. The third-order valence-corrected chi connectivity index (χ3v) is 4.09. The number of aliphatic hydroxyl groups is 1. The number of fused-ring (bicyclic) bond motifs is 1. The van der Waals surface area contributed by atoms with Crippen LogP contribution < -0.4 is 4.74 Å². The van der Waals surface area contributed by atoms with E-state index in [0.717, 1.165) is 33.9 Å². The van der Waals surface area contributed by atoms with Gasteiger partial charge in [-0.2, -0.15) is 0 Å². The fourth-order valence-corrected chi connectivity index (χ4v) is 3.08. The minimum Gasteiger partial charge on any atom is -0.493 e. The molecule has 0 bridgehead atoms. The second-order valence-corrected chi connectivity index (χ2v) is 6.14. The largest absolute Gasteiger partial charge is 0.493 e. The van der Waals surface area contributed by atoms with Crippen molar-refractivity contribution in [2.75, 3.05) is 6.61 Å². The lowest BCUT2D eigenvalue weighted by molar-refractivity contribution is 0.174. The molecule has 2 nitrogen and oxygen atoms in total. The number of hydrogen-bond acceptors (Lipinski definition) is 2. The number of aryl methyl sites for hydroxylation is 1. The SMILES string of the molecule is Cc1ccc(CC(O)Cc2cc(Cl)cc3c2OCC3)cc1. The minimum absolute atomic E-state index is 0.431. The van der Waals surface area contributed by atoms with Gasteiger partial charge < -0.3 is 9.84 Å². The maximum absolute atomic E-state index is 10.3. The molecule has 0 saturated carbocycles. The molecule has 2 aromatic rings. The Labute approximate surface area is 130 Å². The van der Waals surface area contributed by atoms with Crippen molar-refractivity contribution in [1.82, 2.24) is 0 Å². The van der Waals surface area contributed by atoms with E-state index in [2.05, 4.69) is 31.2 Å². The summed E-state index contributed by atoms with van der Waals surface area (Å²) < 4.78 is 5.68. The Balaban J connectivity index is 1.73. The van der Waals surface area contributed by atoms with Gasteiger partial charge in [0, 0.05) is 17.9 Å². The van der Waals surface area contributed by atoms with Gasteiger partial charge >= 0.3 is 0 Å². The molecule has 3 rings (SSSR count). The maximum Gasteiger partial charge on any atom is 0.126 e. The Morgan fingerprint density at radius 2 is 1.95 bits per heavy atom. The second kappa shape index (κ2) is 6.08. The molecular formula is C18H19ClO2. The van der Waals surface area contributed by atoms with Crippen molar-refractivity contribution in [2.45, 2.75) is 32.3 Å². The van der Waals surface area contributed by atoms with Gasteiger partial charge in [-0.25, -0.2) is 0 Å². The zero-order valence-electron chi connectivity index (χ0n) is 12.1. The zero-order chi connectivity index (χ0) is 14.8. The Hall–Kier alpha value is -1.51. The molecule has 110 valence electrons. The summed E-state index contributed by atoms with van der Waals surface area (Å²) in [5.74, 6) is 0.919. The first-order valence-electron chi connectivity index (χ1n) is 7.29. The van der Waals surface area contributed by atoms with Crippen LogP contribution in [-0.4, -0.2) is 17.8 Å². The van der Waals surface area contributed by atoms with Crippen molar-refractivity contribution in [3.05, 3.63) is 63.7 Å². The van der Waals surface area contributed by atoms with E-state index >= 15 is 0 Å². The molecule has 0 amide bonds. The highest BCUT2D eigenvalue weighted by Gasteiger charge is 2.19. The predicted molar refractivity (Wildman–Crippen MR) is 85.2 cm³/mol. The molecule has 1 N–H and O–H groups in total. The lowest BCUT2D eigenvalue weighted by atomic mass is 9.98. The maximum atomic E-state index is 10.3. The Morgan fingerprint density at radius 1 is 1.19 bits per heavy atom. The zero-order valence-corrected chi connectivity index (χ0v) is 12.9. The molecule has 2 aromatic carbocycles. The summed E-state index contributed by atoms with van der Waals surface area (Å²) in [4.78, 5) is 0. The lowest BCUT2D eigenvalue weighted by Gasteiger charge is -2.14. The molecule has 0 radical (unpaired) electrons. The monoisotopic (exact) mass is 302 g/mol. The van der Waals surface area contributed by atoms with Crippen LogP contribution in [0, 0.1) is 6.92 Å². The lowest BCUT2D eigenvalue weighted by Crippen LogP contribution is -2.14. The van der Waals surface area contributed by atoms with Gasteiger partial charge in [0.25, 0.3) is 0 Å². The highest BCUT2D eigenvalue weighted by Crippen LogP contribution is 2.33. The number of benzene rings is 2. The van der Waals surface area contributed by atoms with Gasteiger partial charge in [-0.1, -0.05) is 41.4 Å². The smallest absolute Gasteiger partial charge is 0.126 e. The number of rotatable bonds is 4. The van der Waals surface area contributed by atoms with Crippen LogP contribution in [-0.2, 0) is 19.3 Å². The number of hydrogen-bond donors (Lipinski definition) is 1. The molecule has 0 fully saturated rings. The summed E-state index contributed by atoms with van der Waals surface area (Å²) in [5.41, 5.74) is 4.54. The van der Waals surface area contributed by atoms with Crippen molar-refractivity contribution < 1.29 is 9.84 Å². The van der Waals surface area contributed by atoms with E-state index in [1.54, 1.807) is 0 Å². The summed E-state index contributed by atoms with van der Waals surface area (Å²) in [7, 11) is 0. The van der Waals surface area contributed by atoms with Crippen LogP contribution in [0.1, 0.15) is 22.3 Å². The average Bonchev–Trinajstić information content (AvgIpc) is 2.89. The first kappa shape index (κ1) is 14.4. The molecule has 1 unspecified atom stereocenters. The van der Waals surface area contributed by atoms with E-state index in [9.17, 15) is 5.11 Å². The van der Waals surface area contributed by atoms with E-state index in [0.29, 0.717) is 19.4 Å². The highest BCUT2D eigenvalue weighted by atomic mass is 35.5. The van der Waals surface area contributed by atoms with E-state index in [1.165, 1.54) is 5.56 Å². The van der Waals surface area contributed by atoms with Crippen LogP contribution in [0.5, 0.6) is 5.75 Å². The molecule has 21 heavy (non-hydrogen) atoms. The van der Waals surface area contributed by atoms with Gasteiger partial charge in [0.15, 0.2) is 0 Å². The topological polar surface area (TPSA) is 29.5 Å². The van der Waals surface area contributed by atoms with Gasteiger partial charge in [0.05, 0.1) is 12.7 Å². The summed E-state index contributed by atoms with van der Waals surface area (Å²) in [6.45, 7) is 2.77. The third kappa shape index (κ3) is 3.39. The quantitative estimate of drug-likeness (QED) is 0.932. The molecule has 1 heterocycles. The molecule has 1 atom stereocenters. The first-order chi connectivity index (χ1) is 10.1. The van der Waals surface area contributed by atoms with Crippen molar-refractivity contribution in [3.63, 3.8) is 0 Å². The van der Waals surface area contributed by atoms with Crippen LogP contribution >= 0.6 is 11.6 Å². The Morgan fingerprint density at radius 3 is 2.71 bits per heavy atom. The Kier molecular flexibility index (Phi) is 4.18. The van der Waals surface area contributed by atoms with Crippen LogP contribution in [0.15, 0.2) is 36.4 Å². The van der Waals surface area contributed by atoms with E-state index < -0.39 is 6.10 Å². The van der Waals surface area contributed by atoms with Gasteiger partial charge in [-0.05, 0) is 42.2 Å². The van der Waals surface area contributed by atoms with E-state index in [-0.39, 0.29) is 0 Å². The minimum atomic E-state index is -0.431. The van der Waals surface area contributed by atoms with Crippen LogP contribution in [0.3, 0.4) is 0 Å². The standard InChI is InChI=1S/C18H19ClO2/c1-12-2-4-13(5-3-12)8-17(20)11-15-10-16(19)9-14-6-7-21-18(14)15/h2-5,9-10,17,20H,6-8,11H2,1H3. The van der Waals surface area contributed by atoms with Gasteiger partial charge in [-0.3, -0.25) is 0 Å². The number of ether oxygens (including phenoxy) is 1. The molecule has 1 aliphatic heterocycles.